The lowest BCUT2D eigenvalue weighted by Crippen LogP contribution is -3.00. The van der Waals surface area contributed by atoms with E-state index >= 15 is 0 Å². The second-order valence-corrected chi connectivity index (χ2v) is 5.67. The molecule has 1 aromatic heterocycles. The van der Waals surface area contributed by atoms with E-state index in [9.17, 15) is 0 Å². The first-order chi connectivity index (χ1) is 9.15. The van der Waals surface area contributed by atoms with Gasteiger partial charge in [0.15, 0.2) is 0 Å². The van der Waals surface area contributed by atoms with Crippen LogP contribution in [0.4, 0.5) is 0 Å². The fourth-order valence-electron chi connectivity index (χ4n) is 1.76. The lowest BCUT2D eigenvalue weighted by atomic mass is 10.2. The predicted octanol–water partition coefficient (Wildman–Crippen LogP) is -2.63. The molecule has 0 saturated carbocycles. The van der Waals surface area contributed by atoms with E-state index in [0.29, 0.717) is 0 Å². The third-order valence-electron chi connectivity index (χ3n) is 2.83. The van der Waals surface area contributed by atoms with Crippen LogP contribution in [0, 0.1) is 0 Å². The summed E-state index contributed by atoms with van der Waals surface area (Å²) in [7, 11) is 4.14. The topological polar surface area (TPSA) is 28.4 Å². The Morgan fingerprint density at radius 3 is 2.33 bits per heavy atom. The molecule has 3 nitrogen and oxygen atoms in total. The summed E-state index contributed by atoms with van der Waals surface area (Å²) >= 11 is 3.43. The van der Waals surface area contributed by atoms with Crippen molar-refractivity contribution >= 4 is 15.9 Å². The van der Waals surface area contributed by atoms with Gasteiger partial charge in [-0.3, -0.25) is 0 Å². The molecule has 0 fully saturated rings. The molecule has 0 aliphatic heterocycles. The minimum absolute atomic E-state index is 0. The second-order valence-electron chi connectivity index (χ2n) is 4.75. The van der Waals surface area contributed by atoms with Gasteiger partial charge in [0, 0.05) is 23.1 Å². The Balaban J connectivity index is 0.00000200. The molecule has 2 aromatic rings. The summed E-state index contributed by atoms with van der Waals surface area (Å²) < 4.78 is 6.90. The largest absolute Gasteiger partial charge is 1.00 e. The molecule has 0 amide bonds. The Bertz CT molecular complexity index is 515. The smallest absolute Gasteiger partial charge is 0.134 e. The van der Waals surface area contributed by atoms with Crippen molar-refractivity contribution < 1.29 is 29.2 Å². The van der Waals surface area contributed by atoms with E-state index < -0.39 is 0 Å². The number of benzene rings is 1. The van der Waals surface area contributed by atoms with Gasteiger partial charge in [-0.15, -0.1) is 0 Å². The van der Waals surface area contributed by atoms with E-state index in [2.05, 4.69) is 40.2 Å². The second kappa shape index (κ2) is 10.2. The number of rotatable bonds is 6. The lowest BCUT2D eigenvalue weighted by Gasteiger charge is -2.09. The Hall–Kier alpha value is -0.520. The Morgan fingerprint density at radius 1 is 1.05 bits per heavy atom. The zero-order chi connectivity index (χ0) is 13.7. The molecule has 6 heteroatoms. The number of furan rings is 1. The van der Waals surface area contributed by atoms with Crippen LogP contribution in [0.3, 0.4) is 0 Å². The van der Waals surface area contributed by atoms with Crippen LogP contribution in [-0.2, 0) is 6.54 Å². The van der Waals surface area contributed by atoms with Crippen LogP contribution in [0.25, 0.3) is 11.3 Å². The minimum atomic E-state index is 0. The summed E-state index contributed by atoms with van der Waals surface area (Å²) in [5.74, 6) is 1.88. The summed E-state index contributed by atoms with van der Waals surface area (Å²) in [6.07, 6.45) is 0. The summed E-state index contributed by atoms with van der Waals surface area (Å²) in [6, 6.07) is 12.2. The van der Waals surface area contributed by atoms with Crippen LogP contribution in [-0.4, -0.2) is 32.1 Å². The van der Waals surface area contributed by atoms with Crippen molar-refractivity contribution in [1.82, 2.24) is 10.2 Å². The van der Waals surface area contributed by atoms with E-state index in [4.69, 9.17) is 4.42 Å². The zero-order valence-corrected chi connectivity index (χ0v) is 15.2. The molecule has 118 valence electrons. The maximum atomic E-state index is 5.83. The van der Waals surface area contributed by atoms with E-state index in [-0.39, 0.29) is 24.8 Å². The van der Waals surface area contributed by atoms with Crippen molar-refractivity contribution in [2.24, 2.45) is 0 Å². The van der Waals surface area contributed by atoms with Crippen molar-refractivity contribution in [3.8, 4) is 11.3 Å². The quantitative estimate of drug-likeness (QED) is 0.544. The first-order valence-electron chi connectivity index (χ1n) is 6.35. The highest BCUT2D eigenvalue weighted by molar-refractivity contribution is 9.10. The molecule has 21 heavy (non-hydrogen) atoms. The van der Waals surface area contributed by atoms with Crippen LogP contribution in [0.5, 0.6) is 0 Å². The molecular formula is C15H19BrCl2N2O-2. The number of hydrogen-bond acceptors (Lipinski definition) is 3. The normalized spacial score (nSPS) is 10.1. The minimum Gasteiger partial charge on any atom is -1.00 e. The van der Waals surface area contributed by atoms with Crippen LogP contribution in [0.15, 0.2) is 45.3 Å². The van der Waals surface area contributed by atoms with Crippen molar-refractivity contribution in [2.45, 2.75) is 6.54 Å². The van der Waals surface area contributed by atoms with Crippen LogP contribution < -0.4 is 30.1 Å². The number of likely N-dealkylation sites (N-methyl/N-ethyl adjacent to an activating group) is 1. The Kier molecular flexibility index (Phi) is 9.99. The van der Waals surface area contributed by atoms with E-state index in [1.807, 2.05) is 36.4 Å². The highest BCUT2D eigenvalue weighted by Crippen LogP contribution is 2.23. The predicted molar refractivity (Wildman–Crippen MR) is 82.1 cm³/mol. The molecule has 0 saturated heterocycles. The van der Waals surface area contributed by atoms with Crippen molar-refractivity contribution in [1.29, 1.82) is 0 Å². The Morgan fingerprint density at radius 2 is 1.71 bits per heavy atom. The van der Waals surface area contributed by atoms with Gasteiger partial charge in [0.2, 0.25) is 0 Å². The third kappa shape index (κ3) is 6.85. The van der Waals surface area contributed by atoms with Crippen molar-refractivity contribution in [3.63, 3.8) is 0 Å². The fraction of sp³-hybridized carbons (Fsp3) is 0.333. The van der Waals surface area contributed by atoms with Gasteiger partial charge >= 0.3 is 0 Å². The number of nitrogens with zero attached hydrogens (tertiary/aromatic N) is 1. The molecule has 0 spiro atoms. The molecule has 0 radical (unpaired) electrons. The summed E-state index contributed by atoms with van der Waals surface area (Å²) in [6.45, 7) is 2.76. The monoisotopic (exact) mass is 392 g/mol. The number of nitrogens with one attached hydrogen (secondary N) is 1. The van der Waals surface area contributed by atoms with E-state index in [1.165, 1.54) is 0 Å². The van der Waals surface area contributed by atoms with Gasteiger partial charge in [0.05, 0.1) is 6.54 Å². The first kappa shape index (κ1) is 20.5. The molecular weight excluding hydrogens is 375 g/mol. The average Bonchev–Trinajstić information content (AvgIpc) is 2.84. The summed E-state index contributed by atoms with van der Waals surface area (Å²) in [5.41, 5.74) is 1.10. The van der Waals surface area contributed by atoms with Crippen LogP contribution in [0.1, 0.15) is 5.76 Å². The van der Waals surface area contributed by atoms with E-state index in [1.54, 1.807) is 0 Å². The fourth-order valence-corrected chi connectivity index (χ4v) is 2.02. The highest BCUT2D eigenvalue weighted by Gasteiger charge is 2.04. The molecule has 0 unspecified atom stereocenters. The zero-order valence-electron chi connectivity index (χ0n) is 12.1. The SMILES string of the molecule is CN(C)CCNCc1ccc(-c2ccc(Br)cc2)o1.[Cl-].[Cl-]. The molecule has 1 N–H and O–H groups in total. The van der Waals surface area contributed by atoms with Gasteiger partial charge in [-0.25, -0.2) is 0 Å². The van der Waals surface area contributed by atoms with Crippen LogP contribution in [0.2, 0.25) is 0 Å². The first-order valence-corrected chi connectivity index (χ1v) is 7.14. The molecule has 0 aliphatic rings. The lowest BCUT2D eigenvalue weighted by molar-refractivity contribution is -0.00100. The van der Waals surface area contributed by atoms with Gasteiger partial charge in [0.1, 0.15) is 11.5 Å². The van der Waals surface area contributed by atoms with E-state index in [0.717, 1.165) is 41.2 Å². The molecule has 0 aliphatic carbocycles. The number of hydrogen-bond donors (Lipinski definition) is 1. The molecule has 0 bridgehead atoms. The third-order valence-corrected chi connectivity index (χ3v) is 3.35. The number of halogens is 3. The van der Waals surface area contributed by atoms with Gasteiger partial charge in [0.25, 0.3) is 0 Å². The molecule has 1 heterocycles. The Labute approximate surface area is 147 Å². The molecule has 0 atom stereocenters. The highest BCUT2D eigenvalue weighted by atomic mass is 79.9. The summed E-state index contributed by atoms with van der Waals surface area (Å²) in [4.78, 5) is 2.16. The van der Waals surface area contributed by atoms with Gasteiger partial charge < -0.3 is 39.4 Å². The van der Waals surface area contributed by atoms with Crippen LogP contribution >= 0.6 is 15.9 Å². The average molecular weight is 394 g/mol. The maximum absolute atomic E-state index is 5.83. The summed E-state index contributed by atoms with van der Waals surface area (Å²) in [5, 5.41) is 3.36. The standard InChI is InChI=1S/C15H19BrN2O.2ClH/c1-18(2)10-9-17-11-14-7-8-15(19-14)12-3-5-13(16)6-4-12;;/h3-8,17H,9-11H2,1-2H3;2*1H/p-2. The van der Waals surface area contributed by atoms with Gasteiger partial charge in [-0.1, -0.05) is 28.1 Å². The van der Waals surface area contributed by atoms with Gasteiger partial charge in [-0.05, 0) is 38.4 Å². The maximum Gasteiger partial charge on any atom is 0.134 e. The van der Waals surface area contributed by atoms with Gasteiger partial charge in [-0.2, -0.15) is 0 Å². The molecule has 1 aromatic carbocycles. The van der Waals surface area contributed by atoms with Crippen molar-refractivity contribution in [2.75, 3.05) is 27.2 Å². The van der Waals surface area contributed by atoms with Crippen molar-refractivity contribution in [3.05, 3.63) is 46.6 Å². The molecule has 2 rings (SSSR count).